The number of nitrogens with two attached hydrogens (primary N) is 1. The molecule has 0 spiro atoms. The second-order valence-corrected chi connectivity index (χ2v) is 6.12. The number of carbonyl (C=O) groups excluding carboxylic acids is 1. The van der Waals surface area contributed by atoms with E-state index in [1.54, 1.807) is 19.1 Å². The highest BCUT2D eigenvalue weighted by atomic mass is 79.9. The van der Waals surface area contributed by atoms with Crippen molar-refractivity contribution < 1.29 is 9.21 Å². The van der Waals surface area contributed by atoms with Crippen LogP contribution in [-0.4, -0.2) is 22.1 Å². The molecule has 112 valence electrons. The molecule has 3 heterocycles. The summed E-state index contributed by atoms with van der Waals surface area (Å²) in [6.07, 6.45) is 2.79. The van der Waals surface area contributed by atoms with Crippen molar-refractivity contribution in [1.82, 2.24) is 15.4 Å². The third-order valence-corrected chi connectivity index (χ3v) is 4.54. The topological polar surface area (TPSA) is 106 Å². The van der Waals surface area contributed by atoms with Crippen molar-refractivity contribution in [2.45, 2.75) is 6.92 Å². The van der Waals surface area contributed by atoms with Crippen LogP contribution in [0.5, 0.6) is 0 Å². The fourth-order valence-electron chi connectivity index (χ4n) is 1.92. The molecule has 3 N–H and O–H groups in total. The molecule has 0 radical (unpaired) electrons. The lowest BCUT2D eigenvalue weighted by Crippen LogP contribution is -2.17. The minimum Gasteiger partial charge on any atom is -0.448 e. The zero-order chi connectivity index (χ0) is 15.7. The number of aromatic nitrogens is 2. The van der Waals surface area contributed by atoms with E-state index >= 15 is 0 Å². The predicted octanol–water partition coefficient (Wildman–Crippen LogP) is 2.70. The second kappa shape index (κ2) is 5.85. The highest BCUT2D eigenvalue weighted by Gasteiger charge is 2.17. The zero-order valence-corrected chi connectivity index (χ0v) is 13.7. The number of nitrogens with zero attached hydrogens (tertiary/aromatic N) is 3. The number of anilines is 1. The Morgan fingerprint density at radius 1 is 1.50 bits per heavy atom. The third kappa shape index (κ3) is 2.72. The molecule has 3 aromatic heterocycles. The number of aryl methyl sites for hydroxylation is 1. The molecular weight excluding hydrogens is 370 g/mol. The summed E-state index contributed by atoms with van der Waals surface area (Å²) < 4.78 is 5.83. The molecular formula is C13H10BrN5O2S. The summed E-state index contributed by atoms with van der Waals surface area (Å²) in [6, 6.07) is 3.46. The fraction of sp³-hybridized carbons (Fsp3) is 0.0769. The molecule has 0 saturated carbocycles. The monoisotopic (exact) mass is 379 g/mol. The first kappa shape index (κ1) is 14.7. The number of rotatable bonds is 3. The average Bonchev–Trinajstić information content (AvgIpc) is 3.04. The Labute approximate surface area is 137 Å². The van der Waals surface area contributed by atoms with Gasteiger partial charge >= 0.3 is 0 Å². The number of furan rings is 1. The lowest BCUT2D eigenvalue weighted by atomic mass is 10.2. The number of thiophene rings is 1. The summed E-state index contributed by atoms with van der Waals surface area (Å²) in [4.78, 5) is 21.4. The number of nitrogens with one attached hydrogen (secondary N) is 1. The Morgan fingerprint density at radius 2 is 2.32 bits per heavy atom. The van der Waals surface area contributed by atoms with Crippen LogP contribution in [0.15, 0.2) is 32.6 Å². The normalized spacial score (nSPS) is 11.4. The van der Waals surface area contributed by atoms with Gasteiger partial charge in [0.25, 0.3) is 5.91 Å². The molecule has 0 aliphatic rings. The quantitative estimate of drug-likeness (QED) is 0.537. The maximum atomic E-state index is 12.2. The van der Waals surface area contributed by atoms with Gasteiger partial charge in [0.05, 0.1) is 16.5 Å². The molecule has 1 amide bonds. The SMILES string of the molecule is Cc1c(C(=O)N/N=C\c2ccc(Br)o2)sc2ncnc(N)c12. The number of hydrogen-bond acceptors (Lipinski definition) is 7. The Bertz CT molecular complexity index is 886. The molecule has 0 atom stereocenters. The molecule has 3 rings (SSSR count). The summed E-state index contributed by atoms with van der Waals surface area (Å²) in [6.45, 7) is 1.81. The Kier molecular flexibility index (Phi) is 3.90. The van der Waals surface area contributed by atoms with E-state index in [-0.39, 0.29) is 5.91 Å². The molecule has 0 bridgehead atoms. The van der Waals surface area contributed by atoms with E-state index in [0.717, 1.165) is 5.56 Å². The van der Waals surface area contributed by atoms with Gasteiger partial charge in [-0.2, -0.15) is 5.10 Å². The number of carbonyl (C=O) groups is 1. The van der Waals surface area contributed by atoms with Gasteiger partial charge in [0, 0.05) is 0 Å². The van der Waals surface area contributed by atoms with Crippen LogP contribution in [0.1, 0.15) is 21.0 Å². The molecule has 22 heavy (non-hydrogen) atoms. The zero-order valence-electron chi connectivity index (χ0n) is 11.3. The first-order valence-electron chi connectivity index (χ1n) is 6.14. The molecule has 3 aromatic rings. The van der Waals surface area contributed by atoms with Crippen LogP contribution in [0.25, 0.3) is 10.2 Å². The van der Waals surface area contributed by atoms with Crippen LogP contribution < -0.4 is 11.2 Å². The summed E-state index contributed by atoms with van der Waals surface area (Å²) in [5.74, 6) is 0.554. The molecule has 0 aliphatic heterocycles. The van der Waals surface area contributed by atoms with Crippen molar-refractivity contribution in [2.75, 3.05) is 5.73 Å². The fourth-order valence-corrected chi connectivity index (χ4v) is 3.28. The van der Waals surface area contributed by atoms with Gasteiger partial charge in [-0.05, 0) is 40.5 Å². The van der Waals surface area contributed by atoms with Gasteiger partial charge in [0.15, 0.2) is 4.67 Å². The van der Waals surface area contributed by atoms with Gasteiger partial charge in [0.1, 0.15) is 22.7 Å². The number of hydrogen-bond donors (Lipinski definition) is 2. The Balaban J connectivity index is 1.82. The molecule has 0 saturated heterocycles. The Morgan fingerprint density at radius 3 is 3.00 bits per heavy atom. The maximum absolute atomic E-state index is 12.2. The van der Waals surface area contributed by atoms with E-state index in [9.17, 15) is 4.79 Å². The maximum Gasteiger partial charge on any atom is 0.281 e. The molecule has 9 heteroatoms. The summed E-state index contributed by atoms with van der Waals surface area (Å²) in [7, 11) is 0. The summed E-state index contributed by atoms with van der Waals surface area (Å²) in [5, 5.41) is 4.57. The van der Waals surface area contributed by atoms with E-state index in [4.69, 9.17) is 10.2 Å². The number of amides is 1. The van der Waals surface area contributed by atoms with Crippen molar-refractivity contribution in [1.29, 1.82) is 0 Å². The highest BCUT2D eigenvalue weighted by Crippen LogP contribution is 2.31. The van der Waals surface area contributed by atoms with Gasteiger partial charge in [0.2, 0.25) is 0 Å². The van der Waals surface area contributed by atoms with Crippen LogP contribution in [0.3, 0.4) is 0 Å². The third-order valence-electron chi connectivity index (χ3n) is 2.91. The number of halogens is 1. The first-order chi connectivity index (χ1) is 10.6. The minimum atomic E-state index is -0.332. The minimum absolute atomic E-state index is 0.332. The number of nitrogen functional groups attached to an aromatic ring is 1. The van der Waals surface area contributed by atoms with Crippen LogP contribution in [0, 0.1) is 6.92 Å². The lowest BCUT2D eigenvalue weighted by Gasteiger charge is -1.98. The molecule has 0 aromatic carbocycles. The van der Waals surface area contributed by atoms with Gasteiger partial charge < -0.3 is 10.2 Å². The van der Waals surface area contributed by atoms with Crippen molar-refractivity contribution in [2.24, 2.45) is 5.10 Å². The van der Waals surface area contributed by atoms with Gasteiger partial charge in [-0.1, -0.05) is 0 Å². The van der Waals surface area contributed by atoms with Crippen LogP contribution in [0.4, 0.5) is 5.82 Å². The van der Waals surface area contributed by atoms with Gasteiger partial charge in [-0.3, -0.25) is 4.79 Å². The van der Waals surface area contributed by atoms with E-state index in [2.05, 4.69) is 36.4 Å². The Hall–Kier alpha value is -2.26. The summed E-state index contributed by atoms with van der Waals surface area (Å²) in [5.41, 5.74) is 9.02. The highest BCUT2D eigenvalue weighted by molar-refractivity contribution is 9.10. The van der Waals surface area contributed by atoms with Gasteiger partial charge in [-0.25, -0.2) is 15.4 Å². The molecule has 0 aliphatic carbocycles. The van der Waals surface area contributed by atoms with Crippen LogP contribution in [0.2, 0.25) is 0 Å². The number of fused-ring (bicyclic) bond motifs is 1. The van der Waals surface area contributed by atoms with Crippen LogP contribution in [-0.2, 0) is 0 Å². The van der Waals surface area contributed by atoms with E-state index < -0.39 is 0 Å². The molecule has 7 nitrogen and oxygen atoms in total. The van der Waals surface area contributed by atoms with E-state index in [1.807, 2.05) is 0 Å². The average molecular weight is 380 g/mol. The van der Waals surface area contributed by atoms with Crippen LogP contribution >= 0.6 is 27.3 Å². The number of hydrazone groups is 1. The predicted molar refractivity (Wildman–Crippen MR) is 88.0 cm³/mol. The lowest BCUT2D eigenvalue weighted by molar-refractivity contribution is 0.0958. The second-order valence-electron chi connectivity index (χ2n) is 4.34. The van der Waals surface area contributed by atoms with Crippen molar-refractivity contribution in [3.63, 3.8) is 0 Å². The van der Waals surface area contributed by atoms with Crippen molar-refractivity contribution in [3.05, 3.63) is 39.3 Å². The van der Waals surface area contributed by atoms with Crippen molar-refractivity contribution >= 4 is 55.4 Å². The van der Waals surface area contributed by atoms with E-state index in [0.29, 0.717) is 31.3 Å². The van der Waals surface area contributed by atoms with E-state index in [1.165, 1.54) is 23.9 Å². The van der Waals surface area contributed by atoms with Gasteiger partial charge in [-0.15, -0.1) is 11.3 Å². The van der Waals surface area contributed by atoms with Crippen molar-refractivity contribution in [3.8, 4) is 0 Å². The molecule has 0 fully saturated rings. The largest absolute Gasteiger partial charge is 0.448 e. The molecule has 0 unspecified atom stereocenters. The first-order valence-corrected chi connectivity index (χ1v) is 7.75. The standard InChI is InChI=1S/C13H10BrN5O2S/c1-6-9-11(15)16-5-17-13(9)22-10(6)12(20)19-18-4-7-2-3-8(14)21-7/h2-5H,1H3,(H,19,20)(H2,15,16,17)/b18-4-. The summed E-state index contributed by atoms with van der Waals surface area (Å²) >= 11 is 4.44. The smallest absolute Gasteiger partial charge is 0.281 e.